The molecule has 138 valence electrons. The Labute approximate surface area is 148 Å². The molecular formula is C21H39N2O+. The SMILES string of the molecule is CC(CCC1CCCO1)NC1C2CCCCC2[NH2+]C2CCCCC21. The normalized spacial score (nSPS) is 43.9. The van der Waals surface area contributed by atoms with Crippen molar-refractivity contribution in [1.29, 1.82) is 0 Å². The van der Waals surface area contributed by atoms with Gasteiger partial charge < -0.3 is 15.4 Å². The van der Waals surface area contributed by atoms with Crippen LogP contribution in [0.5, 0.6) is 0 Å². The molecule has 0 aromatic carbocycles. The van der Waals surface area contributed by atoms with Gasteiger partial charge in [-0.3, -0.25) is 0 Å². The van der Waals surface area contributed by atoms with E-state index in [-0.39, 0.29) is 0 Å². The second kappa shape index (κ2) is 8.05. The molecular weight excluding hydrogens is 296 g/mol. The Morgan fingerprint density at radius 1 is 0.917 bits per heavy atom. The minimum atomic E-state index is 0.554. The summed E-state index contributed by atoms with van der Waals surface area (Å²) < 4.78 is 5.83. The van der Waals surface area contributed by atoms with E-state index in [0.717, 1.165) is 36.6 Å². The zero-order valence-electron chi connectivity index (χ0n) is 15.7. The van der Waals surface area contributed by atoms with E-state index in [4.69, 9.17) is 4.74 Å². The molecule has 0 aromatic rings. The number of hydrogen-bond acceptors (Lipinski definition) is 2. The second-order valence-corrected chi connectivity index (χ2v) is 9.22. The number of hydrogen-bond donors (Lipinski definition) is 2. The summed E-state index contributed by atoms with van der Waals surface area (Å²) in [7, 11) is 0. The average Bonchev–Trinajstić information content (AvgIpc) is 3.13. The first-order chi connectivity index (χ1) is 11.8. The lowest BCUT2D eigenvalue weighted by molar-refractivity contribution is -0.749. The molecule has 2 saturated heterocycles. The molecule has 0 amide bonds. The van der Waals surface area contributed by atoms with Crippen LogP contribution in [0.15, 0.2) is 0 Å². The van der Waals surface area contributed by atoms with Crippen molar-refractivity contribution in [1.82, 2.24) is 5.32 Å². The van der Waals surface area contributed by atoms with Gasteiger partial charge in [0, 0.05) is 30.5 Å². The van der Waals surface area contributed by atoms with Crippen molar-refractivity contribution < 1.29 is 10.1 Å². The summed E-state index contributed by atoms with van der Waals surface area (Å²) in [5, 5.41) is 6.99. The third-order valence-corrected chi connectivity index (χ3v) is 7.59. The lowest BCUT2D eigenvalue weighted by Gasteiger charge is -2.50. The van der Waals surface area contributed by atoms with E-state index in [2.05, 4.69) is 17.6 Å². The number of quaternary nitrogens is 1. The zero-order chi connectivity index (χ0) is 16.4. The second-order valence-electron chi connectivity index (χ2n) is 9.22. The molecule has 0 aromatic heterocycles. The average molecular weight is 336 g/mol. The summed E-state index contributed by atoms with van der Waals surface area (Å²) in [5.74, 6) is 1.87. The molecule has 6 unspecified atom stereocenters. The number of piperidine rings is 1. The molecule has 6 atom stereocenters. The smallest absolute Gasteiger partial charge is 0.0904 e. The number of rotatable bonds is 5. The molecule has 2 aliphatic heterocycles. The first-order valence-corrected chi connectivity index (χ1v) is 11.0. The summed E-state index contributed by atoms with van der Waals surface area (Å²) >= 11 is 0. The number of nitrogens with one attached hydrogen (secondary N) is 1. The van der Waals surface area contributed by atoms with Gasteiger partial charge in [0.15, 0.2) is 0 Å². The van der Waals surface area contributed by atoms with Crippen molar-refractivity contribution in [3.05, 3.63) is 0 Å². The lowest BCUT2D eigenvalue weighted by Crippen LogP contribution is -3.02. The zero-order valence-corrected chi connectivity index (χ0v) is 15.7. The van der Waals surface area contributed by atoms with Gasteiger partial charge in [0.2, 0.25) is 0 Å². The molecule has 0 bridgehead atoms. The van der Waals surface area contributed by atoms with E-state index in [0.29, 0.717) is 12.1 Å². The van der Waals surface area contributed by atoms with Crippen LogP contribution in [0.25, 0.3) is 0 Å². The quantitative estimate of drug-likeness (QED) is 0.810. The summed E-state index contributed by atoms with van der Waals surface area (Å²) in [5.41, 5.74) is 0. The van der Waals surface area contributed by atoms with Crippen molar-refractivity contribution in [3.63, 3.8) is 0 Å². The van der Waals surface area contributed by atoms with Gasteiger partial charge in [-0.25, -0.2) is 0 Å². The number of nitrogens with two attached hydrogens (primary N) is 1. The third kappa shape index (κ3) is 3.83. The minimum absolute atomic E-state index is 0.554. The van der Waals surface area contributed by atoms with E-state index >= 15 is 0 Å². The van der Waals surface area contributed by atoms with Gasteiger partial charge in [-0.15, -0.1) is 0 Å². The molecule has 2 heterocycles. The van der Waals surface area contributed by atoms with Crippen LogP contribution >= 0.6 is 0 Å². The number of ether oxygens (including phenoxy) is 1. The molecule has 2 saturated carbocycles. The van der Waals surface area contributed by atoms with Gasteiger partial charge in [-0.1, -0.05) is 12.8 Å². The Morgan fingerprint density at radius 3 is 2.21 bits per heavy atom. The van der Waals surface area contributed by atoms with Gasteiger partial charge >= 0.3 is 0 Å². The molecule has 3 N–H and O–H groups in total. The van der Waals surface area contributed by atoms with Crippen LogP contribution in [0, 0.1) is 11.8 Å². The molecule has 4 aliphatic rings. The van der Waals surface area contributed by atoms with Crippen LogP contribution in [-0.4, -0.2) is 36.9 Å². The summed E-state index contributed by atoms with van der Waals surface area (Å²) in [4.78, 5) is 0. The van der Waals surface area contributed by atoms with Gasteiger partial charge in [0.05, 0.1) is 18.2 Å². The summed E-state index contributed by atoms with van der Waals surface area (Å²) in [6.45, 7) is 3.43. The molecule has 3 nitrogen and oxygen atoms in total. The highest BCUT2D eigenvalue weighted by Crippen LogP contribution is 2.37. The standard InChI is InChI=1S/C21H38N2O/c1-15(12-13-16-7-6-14-24-16)22-21-17-8-2-4-10-19(17)23-20-11-5-3-9-18(20)21/h15-23H,2-14H2,1H3/p+1. The van der Waals surface area contributed by atoms with Gasteiger partial charge in [-0.05, 0) is 71.1 Å². The predicted octanol–water partition coefficient (Wildman–Crippen LogP) is 2.99. The van der Waals surface area contributed by atoms with Crippen molar-refractivity contribution in [3.8, 4) is 0 Å². The van der Waals surface area contributed by atoms with Crippen LogP contribution in [0.2, 0.25) is 0 Å². The fraction of sp³-hybridized carbons (Fsp3) is 1.00. The maximum atomic E-state index is 5.83. The lowest BCUT2D eigenvalue weighted by atomic mass is 9.66. The fourth-order valence-electron chi connectivity index (χ4n) is 6.35. The summed E-state index contributed by atoms with van der Waals surface area (Å²) in [6, 6.07) is 3.29. The van der Waals surface area contributed by atoms with E-state index < -0.39 is 0 Å². The van der Waals surface area contributed by atoms with E-state index in [9.17, 15) is 0 Å². The fourth-order valence-corrected chi connectivity index (χ4v) is 6.35. The third-order valence-electron chi connectivity index (χ3n) is 7.59. The number of fused-ring (bicyclic) bond motifs is 2. The van der Waals surface area contributed by atoms with Crippen molar-refractivity contribution in [2.75, 3.05) is 6.61 Å². The monoisotopic (exact) mass is 335 g/mol. The van der Waals surface area contributed by atoms with Crippen molar-refractivity contribution in [2.45, 2.75) is 114 Å². The predicted molar refractivity (Wildman–Crippen MR) is 98.0 cm³/mol. The van der Waals surface area contributed by atoms with Gasteiger partial charge in [0.1, 0.15) is 0 Å². The van der Waals surface area contributed by atoms with Crippen LogP contribution in [0.4, 0.5) is 0 Å². The van der Waals surface area contributed by atoms with E-state index in [1.54, 1.807) is 0 Å². The first kappa shape index (κ1) is 17.3. The molecule has 0 spiro atoms. The maximum Gasteiger partial charge on any atom is 0.0904 e. The summed E-state index contributed by atoms with van der Waals surface area (Å²) in [6.07, 6.45) is 17.4. The van der Waals surface area contributed by atoms with Crippen molar-refractivity contribution in [2.24, 2.45) is 11.8 Å². The molecule has 4 rings (SSSR count). The van der Waals surface area contributed by atoms with Crippen LogP contribution in [0.3, 0.4) is 0 Å². The van der Waals surface area contributed by atoms with Crippen LogP contribution in [-0.2, 0) is 4.74 Å². The first-order valence-electron chi connectivity index (χ1n) is 11.0. The highest BCUT2D eigenvalue weighted by molar-refractivity contribution is 4.97. The minimum Gasteiger partial charge on any atom is -0.378 e. The Morgan fingerprint density at radius 2 is 1.58 bits per heavy atom. The van der Waals surface area contributed by atoms with E-state index in [1.165, 1.54) is 77.0 Å². The molecule has 2 aliphatic carbocycles. The molecule has 0 radical (unpaired) electrons. The Kier molecular flexibility index (Phi) is 5.81. The van der Waals surface area contributed by atoms with E-state index in [1.807, 2.05) is 0 Å². The van der Waals surface area contributed by atoms with Gasteiger partial charge in [-0.2, -0.15) is 0 Å². The van der Waals surface area contributed by atoms with Crippen LogP contribution in [0.1, 0.15) is 84.0 Å². The molecule has 4 fully saturated rings. The Balaban J connectivity index is 1.37. The topological polar surface area (TPSA) is 37.9 Å². The van der Waals surface area contributed by atoms with Gasteiger partial charge in [0.25, 0.3) is 0 Å². The van der Waals surface area contributed by atoms with Crippen LogP contribution < -0.4 is 10.6 Å². The molecule has 24 heavy (non-hydrogen) atoms. The largest absolute Gasteiger partial charge is 0.378 e. The maximum absolute atomic E-state index is 5.83. The highest BCUT2D eigenvalue weighted by Gasteiger charge is 2.48. The molecule has 3 heteroatoms. The van der Waals surface area contributed by atoms with Crippen molar-refractivity contribution >= 4 is 0 Å². The Hall–Kier alpha value is -0.120. The Bertz CT molecular complexity index is 373. The highest BCUT2D eigenvalue weighted by atomic mass is 16.5.